The largest absolute Gasteiger partial charge is 0.310 e. The minimum Gasteiger partial charge on any atom is -0.310 e. The third-order valence-corrected chi connectivity index (χ3v) is 3.81. The first-order valence-corrected chi connectivity index (χ1v) is 7.02. The molecule has 0 spiro atoms. The summed E-state index contributed by atoms with van der Waals surface area (Å²) in [6, 6.07) is 10.3. The average Bonchev–Trinajstić information content (AvgIpc) is 2.21. The molecule has 0 heterocycles. The van der Waals surface area contributed by atoms with E-state index >= 15 is 0 Å². The monoisotopic (exact) mass is 246 g/mol. The Labute approximate surface area is 111 Å². The molecule has 1 aliphatic rings. The Morgan fingerprint density at radius 3 is 2.67 bits per heavy atom. The van der Waals surface area contributed by atoms with Crippen molar-refractivity contribution in [3.05, 3.63) is 35.4 Å². The van der Waals surface area contributed by atoms with Crippen LogP contribution in [0.4, 0.5) is 0 Å². The maximum absolute atomic E-state index is 3.72. The van der Waals surface area contributed by atoms with E-state index in [4.69, 9.17) is 0 Å². The molecule has 18 heavy (non-hydrogen) atoms. The molecule has 2 heteroatoms. The van der Waals surface area contributed by atoms with Crippen molar-refractivity contribution in [2.24, 2.45) is 0 Å². The van der Waals surface area contributed by atoms with Gasteiger partial charge in [-0.15, -0.1) is 0 Å². The van der Waals surface area contributed by atoms with Crippen LogP contribution in [0.5, 0.6) is 0 Å². The van der Waals surface area contributed by atoms with Crippen LogP contribution >= 0.6 is 0 Å². The summed E-state index contributed by atoms with van der Waals surface area (Å²) < 4.78 is 0. The molecule has 1 aromatic rings. The summed E-state index contributed by atoms with van der Waals surface area (Å²) in [5.74, 6) is 0.772. The number of nitrogens with one attached hydrogen (secondary N) is 1. The van der Waals surface area contributed by atoms with Crippen molar-refractivity contribution < 1.29 is 0 Å². The number of likely N-dealkylation sites (N-methyl/N-ethyl adjacent to an activating group) is 1. The lowest BCUT2D eigenvalue weighted by molar-refractivity contribution is 0.245. The molecule has 100 valence electrons. The fraction of sp³-hybridized carbons (Fsp3) is 0.625. The van der Waals surface area contributed by atoms with Crippen molar-refractivity contribution in [1.82, 2.24) is 10.2 Å². The summed E-state index contributed by atoms with van der Waals surface area (Å²) in [5, 5.41) is 3.72. The summed E-state index contributed by atoms with van der Waals surface area (Å²) >= 11 is 0. The number of aryl methyl sites for hydroxylation is 1. The second-order valence-electron chi connectivity index (χ2n) is 6.11. The highest BCUT2D eigenvalue weighted by Crippen LogP contribution is 2.37. The van der Waals surface area contributed by atoms with Gasteiger partial charge in [-0.3, -0.25) is 0 Å². The Morgan fingerprint density at radius 1 is 1.33 bits per heavy atom. The average molecular weight is 246 g/mol. The Hall–Kier alpha value is -0.860. The molecule has 1 atom stereocenters. The van der Waals surface area contributed by atoms with Crippen molar-refractivity contribution in [3.8, 4) is 0 Å². The van der Waals surface area contributed by atoms with E-state index in [9.17, 15) is 0 Å². The number of hydrogen-bond acceptors (Lipinski definition) is 2. The first kappa shape index (κ1) is 13.6. The summed E-state index contributed by atoms with van der Waals surface area (Å²) in [6.07, 6.45) is 2.59. The Bertz CT molecular complexity index is 380. The number of rotatable bonds is 5. The zero-order chi connectivity index (χ0) is 13.1. The van der Waals surface area contributed by atoms with Gasteiger partial charge in [0.2, 0.25) is 0 Å². The predicted octanol–water partition coefficient (Wildman–Crippen LogP) is 2.78. The topological polar surface area (TPSA) is 15.3 Å². The zero-order valence-electron chi connectivity index (χ0n) is 12.1. The molecule has 1 saturated carbocycles. The van der Waals surface area contributed by atoms with Crippen LogP contribution in [0.15, 0.2) is 24.3 Å². The van der Waals surface area contributed by atoms with Crippen LogP contribution in [0.2, 0.25) is 0 Å². The van der Waals surface area contributed by atoms with Gasteiger partial charge in [-0.1, -0.05) is 29.8 Å². The Kier molecular flexibility index (Phi) is 4.41. The Balaban J connectivity index is 1.77. The van der Waals surface area contributed by atoms with Crippen LogP contribution in [0, 0.1) is 6.92 Å². The van der Waals surface area contributed by atoms with Crippen LogP contribution < -0.4 is 5.32 Å². The maximum Gasteiger partial charge on any atom is 0.0169 e. The van der Waals surface area contributed by atoms with Gasteiger partial charge in [0, 0.05) is 18.6 Å². The maximum atomic E-state index is 3.72. The molecule has 1 N–H and O–H groups in total. The van der Waals surface area contributed by atoms with Crippen molar-refractivity contribution in [2.45, 2.75) is 44.7 Å². The first-order chi connectivity index (χ1) is 8.54. The smallest absolute Gasteiger partial charge is 0.0169 e. The standard InChI is InChI=1S/C16H26N2/c1-12-6-5-7-14(8-12)15-9-16(10-15)17-13(2)11-18(3)4/h5-8,13,15-17H,9-11H2,1-4H3. The molecule has 0 aliphatic heterocycles. The normalized spacial score (nSPS) is 24.9. The van der Waals surface area contributed by atoms with E-state index in [1.807, 2.05) is 0 Å². The van der Waals surface area contributed by atoms with Crippen LogP contribution in [0.25, 0.3) is 0 Å². The van der Waals surface area contributed by atoms with E-state index in [-0.39, 0.29) is 0 Å². The first-order valence-electron chi connectivity index (χ1n) is 7.02. The van der Waals surface area contributed by atoms with Gasteiger partial charge < -0.3 is 10.2 Å². The van der Waals surface area contributed by atoms with Crippen LogP contribution in [-0.4, -0.2) is 37.6 Å². The molecule has 1 aliphatic carbocycles. The van der Waals surface area contributed by atoms with E-state index in [1.54, 1.807) is 0 Å². The second-order valence-corrected chi connectivity index (χ2v) is 6.11. The van der Waals surface area contributed by atoms with Crippen LogP contribution in [0.1, 0.15) is 36.8 Å². The lowest BCUT2D eigenvalue weighted by atomic mass is 9.75. The van der Waals surface area contributed by atoms with Gasteiger partial charge in [-0.05, 0) is 52.3 Å². The number of benzene rings is 1. The molecule has 0 amide bonds. The minimum absolute atomic E-state index is 0.587. The highest BCUT2D eigenvalue weighted by Gasteiger charge is 2.30. The van der Waals surface area contributed by atoms with Gasteiger partial charge in [0.1, 0.15) is 0 Å². The molecule has 2 nitrogen and oxygen atoms in total. The molecule has 0 radical (unpaired) electrons. The van der Waals surface area contributed by atoms with Crippen LogP contribution in [0.3, 0.4) is 0 Å². The lowest BCUT2D eigenvalue weighted by Gasteiger charge is -2.38. The molecule has 2 rings (SSSR count). The number of nitrogens with zero attached hydrogens (tertiary/aromatic N) is 1. The predicted molar refractivity (Wildman–Crippen MR) is 78.1 cm³/mol. The molecular weight excluding hydrogens is 220 g/mol. The molecule has 0 bridgehead atoms. The zero-order valence-corrected chi connectivity index (χ0v) is 12.1. The van der Waals surface area contributed by atoms with Crippen LogP contribution in [-0.2, 0) is 0 Å². The summed E-state index contributed by atoms with van der Waals surface area (Å²) in [4.78, 5) is 2.24. The summed E-state index contributed by atoms with van der Waals surface area (Å²) in [5.41, 5.74) is 2.90. The Morgan fingerprint density at radius 2 is 2.06 bits per heavy atom. The highest BCUT2D eigenvalue weighted by atomic mass is 15.1. The number of hydrogen-bond donors (Lipinski definition) is 1. The van der Waals surface area contributed by atoms with Crippen molar-refractivity contribution in [2.75, 3.05) is 20.6 Å². The van der Waals surface area contributed by atoms with Gasteiger partial charge in [-0.25, -0.2) is 0 Å². The molecule has 1 fully saturated rings. The summed E-state index contributed by atoms with van der Waals surface area (Å²) in [7, 11) is 4.27. The van der Waals surface area contributed by atoms with Gasteiger partial charge in [-0.2, -0.15) is 0 Å². The summed E-state index contributed by atoms with van der Waals surface area (Å²) in [6.45, 7) is 5.57. The van der Waals surface area contributed by atoms with Gasteiger partial charge in [0.15, 0.2) is 0 Å². The quantitative estimate of drug-likeness (QED) is 0.859. The fourth-order valence-corrected chi connectivity index (χ4v) is 2.95. The van der Waals surface area contributed by atoms with Crippen molar-refractivity contribution in [1.29, 1.82) is 0 Å². The molecule has 0 saturated heterocycles. The lowest BCUT2D eigenvalue weighted by Crippen LogP contribution is -2.47. The molecule has 0 aromatic heterocycles. The second kappa shape index (κ2) is 5.85. The SMILES string of the molecule is Cc1cccc(C2CC(NC(C)CN(C)C)C2)c1. The van der Waals surface area contributed by atoms with Crippen molar-refractivity contribution >= 4 is 0 Å². The fourth-order valence-electron chi connectivity index (χ4n) is 2.95. The third-order valence-electron chi connectivity index (χ3n) is 3.81. The third kappa shape index (κ3) is 3.56. The molecule has 1 aromatic carbocycles. The highest BCUT2D eigenvalue weighted by molar-refractivity contribution is 5.27. The van der Waals surface area contributed by atoms with E-state index < -0.39 is 0 Å². The molecular formula is C16H26N2. The van der Waals surface area contributed by atoms with Gasteiger partial charge >= 0.3 is 0 Å². The van der Waals surface area contributed by atoms with E-state index in [1.165, 1.54) is 24.0 Å². The van der Waals surface area contributed by atoms with E-state index in [0.717, 1.165) is 12.5 Å². The van der Waals surface area contributed by atoms with Crippen molar-refractivity contribution in [3.63, 3.8) is 0 Å². The van der Waals surface area contributed by atoms with Gasteiger partial charge in [0.05, 0.1) is 0 Å². The van der Waals surface area contributed by atoms with E-state index in [0.29, 0.717) is 12.1 Å². The minimum atomic E-state index is 0.587. The van der Waals surface area contributed by atoms with Gasteiger partial charge in [0.25, 0.3) is 0 Å². The molecule has 1 unspecified atom stereocenters. The van der Waals surface area contributed by atoms with E-state index in [2.05, 4.69) is 62.4 Å².